The largest absolute Gasteiger partial charge is 0.339 e. The molecule has 2 saturated carbocycles. The van der Waals surface area contributed by atoms with E-state index in [-0.39, 0.29) is 5.92 Å². The Hall–Kier alpha value is -1.43. The fourth-order valence-electron chi connectivity index (χ4n) is 5.44. The summed E-state index contributed by atoms with van der Waals surface area (Å²) in [7, 11) is 0. The number of carbonyl (C=O) groups is 1. The summed E-state index contributed by atoms with van der Waals surface area (Å²) in [6.45, 7) is 4.78. The molecule has 6 nitrogen and oxygen atoms in total. The standard InChI is InChI=1S/C20H30N4O2/c1-13-5-6-15(9-13)20(25)23-10-16-7-8-17(11-23)24(16)12-18-21-19(22-26-18)14-3-2-4-14/h13-17H,2-12H2,1H3. The number of hydrogen-bond donors (Lipinski definition) is 0. The summed E-state index contributed by atoms with van der Waals surface area (Å²) in [5.41, 5.74) is 0. The van der Waals surface area contributed by atoms with Crippen LogP contribution in [0.4, 0.5) is 0 Å². The number of piperazine rings is 1. The predicted molar refractivity (Wildman–Crippen MR) is 96.3 cm³/mol. The molecule has 0 aromatic carbocycles. The van der Waals surface area contributed by atoms with Gasteiger partial charge in [-0.2, -0.15) is 4.98 Å². The van der Waals surface area contributed by atoms with Gasteiger partial charge in [-0.25, -0.2) is 0 Å². The predicted octanol–water partition coefficient (Wildman–Crippen LogP) is 2.95. The first-order valence-electron chi connectivity index (χ1n) is 10.5. The lowest BCUT2D eigenvalue weighted by molar-refractivity contribution is -0.139. The molecule has 0 spiro atoms. The summed E-state index contributed by atoms with van der Waals surface area (Å²) in [6, 6.07) is 0.908. The fourth-order valence-corrected chi connectivity index (χ4v) is 5.44. The highest BCUT2D eigenvalue weighted by molar-refractivity contribution is 5.79. The molecule has 142 valence electrons. The van der Waals surface area contributed by atoms with Crippen molar-refractivity contribution in [1.29, 1.82) is 0 Å². The third-order valence-corrected chi connectivity index (χ3v) is 7.26. The summed E-state index contributed by atoms with van der Waals surface area (Å²) in [5, 5.41) is 4.20. The maximum atomic E-state index is 12.9. The molecule has 1 aromatic heterocycles. The molecular weight excluding hydrogens is 328 g/mol. The maximum Gasteiger partial charge on any atom is 0.240 e. The Bertz CT molecular complexity index is 657. The van der Waals surface area contributed by atoms with Crippen molar-refractivity contribution in [3.8, 4) is 0 Å². The highest BCUT2D eigenvalue weighted by Gasteiger charge is 2.43. The van der Waals surface area contributed by atoms with Gasteiger partial charge in [-0.1, -0.05) is 18.5 Å². The van der Waals surface area contributed by atoms with Crippen molar-refractivity contribution in [2.24, 2.45) is 11.8 Å². The van der Waals surface area contributed by atoms with Crippen LogP contribution in [0.2, 0.25) is 0 Å². The monoisotopic (exact) mass is 358 g/mol. The minimum atomic E-state index is 0.275. The Morgan fingerprint density at radius 2 is 1.88 bits per heavy atom. The van der Waals surface area contributed by atoms with E-state index in [0.717, 1.165) is 44.2 Å². The van der Waals surface area contributed by atoms with E-state index >= 15 is 0 Å². The van der Waals surface area contributed by atoms with Gasteiger partial charge in [0.15, 0.2) is 5.82 Å². The van der Waals surface area contributed by atoms with Crippen LogP contribution in [0.15, 0.2) is 4.52 Å². The number of carbonyl (C=O) groups excluding carboxylic acids is 1. The third kappa shape index (κ3) is 2.96. The van der Waals surface area contributed by atoms with Crippen LogP contribution in [-0.2, 0) is 11.3 Å². The van der Waals surface area contributed by atoms with E-state index < -0.39 is 0 Å². The summed E-state index contributed by atoms with van der Waals surface area (Å²) in [4.78, 5) is 22.2. The van der Waals surface area contributed by atoms with E-state index in [0.29, 0.717) is 29.8 Å². The second-order valence-electron chi connectivity index (χ2n) is 9.09. The Balaban J connectivity index is 1.22. The molecular formula is C20H30N4O2. The molecule has 0 N–H and O–H groups in total. The van der Waals surface area contributed by atoms with Gasteiger partial charge in [0.25, 0.3) is 0 Å². The van der Waals surface area contributed by atoms with Crippen molar-refractivity contribution in [1.82, 2.24) is 19.9 Å². The van der Waals surface area contributed by atoms with Crippen molar-refractivity contribution in [3.05, 3.63) is 11.7 Å². The van der Waals surface area contributed by atoms with Gasteiger partial charge in [0.2, 0.25) is 11.8 Å². The lowest BCUT2D eigenvalue weighted by Gasteiger charge is -2.41. The highest BCUT2D eigenvalue weighted by Crippen LogP contribution is 2.37. The van der Waals surface area contributed by atoms with Crippen LogP contribution in [0.3, 0.4) is 0 Å². The fraction of sp³-hybridized carbons (Fsp3) is 0.850. The van der Waals surface area contributed by atoms with E-state index in [4.69, 9.17) is 4.52 Å². The molecule has 2 aliphatic heterocycles. The first kappa shape index (κ1) is 16.7. The summed E-state index contributed by atoms with van der Waals surface area (Å²) in [6.07, 6.45) is 9.42. The van der Waals surface area contributed by atoms with Crippen LogP contribution in [0.1, 0.15) is 75.9 Å². The van der Waals surface area contributed by atoms with E-state index in [1.165, 1.54) is 38.5 Å². The van der Waals surface area contributed by atoms with Crippen molar-refractivity contribution < 1.29 is 9.32 Å². The second kappa shape index (κ2) is 6.63. The van der Waals surface area contributed by atoms with Gasteiger partial charge in [0.05, 0.1) is 6.54 Å². The molecule has 4 atom stereocenters. The zero-order chi connectivity index (χ0) is 17.7. The Labute approximate surface area is 155 Å². The average Bonchev–Trinajstić information content (AvgIpc) is 3.25. The van der Waals surface area contributed by atoms with Crippen molar-refractivity contribution in [3.63, 3.8) is 0 Å². The van der Waals surface area contributed by atoms with E-state index in [1.54, 1.807) is 0 Å². The first-order chi connectivity index (χ1) is 12.7. The lowest BCUT2D eigenvalue weighted by Crippen LogP contribution is -2.55. The molecule has 5 rings (SSSR count). The Morgan fingerprint density at radius 3 is 2.50 bits per heavy atom. The smallest absolute Gasteiger partial charge is 0.240 e. The van der Waals surface area contributed by atoms with E-state index in [2.05, 4.69) is 26.9 Å². The molecule has 26 heavy (non-hydrogen) atoms. The molecule has 0 radical (unpaired) electrons. The third-order valence-electron chi connectivity index (χ3n) is 7.26. The molecule has 3 heterocycles. The van der Waals surface area contributed by atoms with Gasteiger partial charge in [0.1, 0.15) is 0 Å². The number of hydrogen-bond acceptors (Lipinski definition) is 5. The molecule has 1 amide bonds. The number of fused-ring (bicyclic) bond motifs is 2. The van der Waals surface area contributed by atoms with E-state index in [1.807, 2.05) is 0 Å². The van der Waals surface area contributed by atoms with Gasteiger partial charge in [-0.3, -0.25) is 9.69 Å². The topological polar surface area (TPSA) is 62.5 Å². The number of likely N-dealkylation sites (tertiary alicyclic amines) is 1. The first-order valence-corrected chi connectivity index (χ1v) is 10.5. The molecule has 4 unspecified atom stereocenters. The zero-order valence-electron chi connectivity index (χ0n) is 15.8. The summed E-state index contributed by atoms with van der Waals surface area (Å²) in [5.74, 6) is 3.58. The van der Waals surface area contributed by atoms with Gasteiger partial charge >= 0.3 is 0 Å². The lowest BCUT2D eigenvalue weighted by atomic mass is 9.85. The minimum Gasteiger partial charge on any atom is -0.339 e. The van der Waals surface area contributed by atoms with Crippen LogP contribution < -0.4 is 0 Å². The van der Waals surface area contributed by atoms with Crippen LogP contribution in [-0.4, -0.2) is 51.0 Å². The molecule has 2 aliphatic carbocycles. The number of nitrogens with zero attached hydrogens (tertiary/aromatic N) is 4. The number of amides is 1. The molecule has 2 bridgehead atoms. The molecule has 1 aromatic rings. The number of rotatable bonds is 4. The highest BCUT2D eigenvalue weighted by atomic mass is 16.5. The van der Waals surface area contributed by atoms with Crippen LogP contribution in [0.25, 0.3) is 0 Å². The second-order valence-corrected chi connectivity index (χ2v) is 9.09. The molecule has 4 aliphatic rings. The maximum absolute atomic E-state index is 12.9. The molecule has 4 fully saturated rings. The van der Waals surface area contributed by atoms with Crippen LogP contribution >= 0.6 is 0 Å². The van der Waals surface area contributed by atoms with Crippen LogP contribution in [0.5, 0.6) is 0 Å². The quantitative estimate of drug-likeness (QED) is 0.828. The molecule has 6 heteroatoms. The Kier molecular flexibility index (Phi) is 4.26. The van der Waals surface area contributed by atoms with Crippen molar-refractivity contribution in [2.45, 2.75) is 82.8 Å². The van der Waals surface area contributed by atoms with Crippen molar-refractivity contribution >= 4 is 5.91 Å². The van der Waals surface area contributed by atoms with Crippen LogP contribution in [0, 0.1) is 11.8 Å². The molecule has 2 saturated heterocycles. The Morgan fingerprint density at radius 1 is 1.12 bits per heavy atom. The van der Waals surface area contributed by atoms with Gasteiger partial charge in [-0.15, -0.1) is 0 Å². The van der Waals surface area contributed by atoms with Gasteiger partial charge < -0.3 is 9.42 Å². The van der Waals surface area contributed by atoms with Gasteiger partial charge in [-0.05, 0) is 50.9 Å². The number of aromatic nitrogens is 2. The summed E-state index contributed by atoms with van der Waals surface area (Å²) < 4.78 is 5.53. The van der Waals surface area contributed by atoms with Crippen molar-refractivity contribution in [2.75, 3.05) is 13.1 Å². The SMILES string of the molecule is CC1CCC(C(=O)N2CC3CCC(C2)N3Cc2nc(C3CCC3)no2)C1. The normalized spacial score (nSPS) is 35.0. The minimum absolute atomic E-state index is 0.275. The summed E-state index contributed by atoms with van der Waals surface area (Å²) >= 11 is 0. The van der Waals surface area contributed by atoms with E-state index in [9.17, 15) is 4.79 Å². The van der Waals surface area contributed by atoms with Gasteiger partial charge in [0, 0.05) is 37.0 Å². The zero-order valence-corrected chi connectivity index (χ0v) is 15.8. The average molecular weight is 358 g/mol.